The van der Waals surface area contributed by atoms with Crippen LogP contribution in [0.5, 0.6) is 0 Å². The lowest BCUT2D eigenvalue weighted by atomic mass is 9.86. The molecule has 1 aromatic carbocycles. The van der Waals surface area contributed by atoms with Gasteiger partial charge in [-0.05, 0) is 30.4 Å². The van der Waals surface area contributed by atoms with Crippen molar-refractivity contribution in [2.45, 2.75) is 44.9 Å². The number of hydrogen-bond acceptors (Lipinski definition) is 2. The van der Waals surface area contributed by atoms with Gasteiger partial charge in [-0.25, -0.2) is 4.98 Å². The van der Waals surface area contributed by atoms with Crippen molar-refractivity contribution >= 4 is 27.0 Å². The lowest BCUT2D eigenvalue weighted by Crippen LogP contribution is -2.11. The summed E-state index contributed by atoms with van der Waals surface area (Å²) in [6, 6.07) is 4.18. The highest BCUT2D eigenvalue weighted by Gasteiger charge is 2.30. The second-order valence-electron chi connectivity index (χ2n) is 5.88. The quantitative estimate of drug-likeness (QED) is 0.757. The third-order valence-corrected chi connectivity index (χ3v) is 3.66. The van der Waals surface area contributed by atoms with Crippen molar-refractivity contribution in [3.63, 3.8) is 0 Å². The molecule has 1 saturated carbocycles. The van der Waals surface area contributed by atoms with Gasteiger partial charge >= 0.3 is 0 Å². The van der Waals surface area contributed by atoms with E-state index in [0.29, 0.717) is 5.92 Å². The largest absolute Gasteiger partial charge is 0.440 e. The predicted molar refractivity (Wildman–Crippen MR) is 72.4 cm³/mol. The Morgan fingerprint density at radius 1 is 1.29 bits per heavy atom. The van der Waals surface area contributed by atoms with Gasteiger partial charge in [-0.15, -0.1) is 0 Å². The molecule has 0 saturated heterocycles. The Kier molecular flexibility index (Phi) is 2.37. The minimum Gasteiger partial charge on any atom is -0.440 e. The van der Waals surface area contributed by atoms with Gasteiger partial charge in [0.05, 0.1) is 0 Å². The van der Waals surface area contributed by atoms with Crippen LogP contribution in [-0.4, -0.2) is 4.98 Å². The summed E-state index contributed by atoms with van der Waals surface area (Å²) in [4.78, 5) is 4.61. The number of rotatable bonds is 1. The molecular weight excluding hydrogens is 278 g/mol. The second-order valence-corrected chi connectivity index (χ2v) is 6.79. The van der Waals surface area contributed by atoms with Crippen molar-refractivity contribution in [2.24, 2.45) is 0 Å². The summed E-state index contributed by atoms with van der Waals surface area (Å²) in [6.07, 6.45) is 2.44. The summed E-state index contributed by atoms with van der Waals surface area (Å²) in [5.74, 6) is 1.48. The van der Waals surface area contributed by atoms with Crippen LogP contribution >= 0.6 is 15.9 Å². The molecule has 0 aliphatic heterocycles. The molecule has 1 fully saturated rings. The molecule has 0 amide bonds. The normalized spacial score (nSPS) is 16.7. The van der Waals surface area contributed by atoms with E-state index >= 15 is 0 Å². The topological polar surface area (TPSA) is 26.0 Å². The van der Waals surface area contributed by atoms with Crippen LogP contribution in [0.1, 0.15) is 51.0 Å². The average Bonchev–Trinajstić information content (AvgIpc) is 2.96. The average molecular weight is 294 g/mol. The number of nitrogens with zero attached hydrogens (tertiary/aromatic N) is 1. The van der Waals surface area contributed by atoms with Crippen LogP contribution in [-0.2, 0) is 5.41 Å². The SMILES string of the molecule is CC(C)(C)c1cc(Br)cc2nc(C3CC3)oc12. The van der Waals surface area contributed by atoms with Crippen LogP contribution in [0.3, 0.4) is 0 Å². The molecule has 90 valence electrons. The van der Waals surface area contributed by atoms with Crippen molar-refractivity contribution in [2.75, 3.05) is 0 Å². The Morgan fingerprint density at radius 2 is 2.00 bits per heavy atom. The number of benzene rings is 1. The Balaban J connectivity index is 2.25. The molecular formula is C14H16BrNO. The van der Waals surface area contributed by atoms with E-state index in [0.717, 1.165) is 21.5 Å². The highest BCUT2D eigenvalue weighted by molar-refractivity contribution is 9.10. The van der Waals surface area contributed by atoms with E-state index < -0.39 is 0 Å². The minimum absolute atomic E-state index is 0.0718. The summed E-state index contributed by atoms with van der Waals surface area (Å²) >= 11 is 3.56. The molecule has 0 N–H and O–H groups in total. The number of hydrogen-bond donors (Lipinski definition) is 0. The molecule has 0 bridgehead atoms. The maximum absolute atomic E-state index is 5.97. The molecule has 17 heavy (non-hydrogen) atoms. The first-order chi connectivity index (χ1) is 7.95. The van der Waals surface area contributed by atoms with Crippen LogP contribution in [0.15, 0.2) is 21.0 Å². The molecule has 1 aliphatic rings. The van der Waals surface area contributed by atoms with Gasteiger partial charge < -0.3 is 4.42 Å². The molecule has 1 aromatic heterocycles. The van der Waals surface area contributed by atoms with Crippen molar-refractivity contribution in [1.29, 1.82) is 0 Å². The van der Waals surface area contributed by atoms with Gasteiger partial charge in [-0.1, -0.05) is 36.7 Å². The van der Waals surface area contributed by atoms with Crippen LogP contribution in [0.25, 0.3) is 11.1 Å². The fourth-order valence-electron chi connectivity index (χ4n) is 2.08. The van der Waals surface area contributed by atoms with Crippen molar-refractivity contribution in [3.05, 3.63) is 28.1 Å². The first-order valence-electron chi connectivity index (χ1n) is 6.05. The number of oxazole rings is 1. The first kappa shape index (κ1) is 11.3. The Morgan fingerprint density at radius 3 is 2.59 bits per heavy atom. The fourth-order valence-corrected chi connectivity index (χ4v) is 2.52. The number of aromatic nitrogens is 1. The molecule has 2 aromatic rings. The van der Waals surface area contributed by atoms with Gasteiger partial charge in [-0.2, -0.15) is 0 Å². The maximum Gasteiger partial charge on any atom is 0.198 e. The van der Waals surface area contributed by atoms with E-state index in [1.165, 1.54) is 18.4 Å². The summed E-state index contributed by atoms with van der Waals surface area (Å²) in [7, 11) is 0. The van der Waals surface area contributed by atoms with E-state index in [4.69, 9.17) is 4.42 Å². The van der Waals surface area contributed by atoms with Crippen LogP contribution in [0.2, 0.25) is 0 Å². The highest BCUT2D eigenvalue weighted by atomic mass is 79.9. The van der Waals surface area contributed by atoms with Crippen LogP contribution < -0.4 is 0 Å². The van der Waals surface area contributed by atoms with Crippen molar-refractivity contribution in [3.8, 4) is 0 Å². The van der Waals surface area contributed by atoms with Crippen LogP contribution in [0, 0.1) is 0 Å². The Bertz CT molecular complexity index is 576. The summed E-state index contributed by atoms with van der Waals surface area (Å²) in [5.41, 5.74) is 3.23. The fraction of sp³-hybridized carbons (Fsp3) is 0.500. The van der Waals surface area contributed by atoms with Gasteiger partial charge in [0.1, 0.15) is 5.52 Å². The molecule has 1 aliphatic carbocycles. The Hall–Kier alpha value is -0.830. The lowest BCUT2D eigenvalue weighted by molar-refractivity contribution is 0.514. The van der Waals surface area contributed by atoms with E-state index in [-0.39, 0.29) is 5.41 Å². The van der Waals surface area contributed by atoms with Crippen molar-refractivity contribution < 1.29 is 4.42 Å². The number of halogens is 1. The zero-order valence-electron chi connectivity index (χ0n) is 10.4. The predicted octanol–water partition coefficient (Wildman–Crippen LogP) is 4.77. The third kappa shape index (κ3) is 2.01. The Labute approximate surface area is 110 Å². The monoisotopic (exact) mass is 293 g/mol. The van der Waals surface area contributed by atoms with Gasteiger partial charge in [0.2, 0.25) is 0 Å². The van der Waals surface area contributed by atoms with Gasteiger partial charge in [0.25, 0.3) is 0 Å². The molecule has 0 unspecified atom stereocenters. The lowest BCUT2D eigenvalue weighted by Gasteiger charge is -2.19. The molecule has 2 nitrogen and oxygen atoms in total. The van der Waals surface area contributed by atoms with E-state index in [9.17, 15) is 0 Å². The highest BCUT2D eigenvalue weighted by Crippen LogP contribution is 2.42. The molecule has 0 spiro atoms. The van der Waals surface area contributed by atoms with Gasteiger partial charge in [-0.3, -0.25) is 0 Å². The summed E-state index contributed by atoms with van der Waals surface area (Å²) < 4.78 is 7.05. The smallest absolute Gasteiger partial charge is 0.198 e. The summed E-state index contributed by atoms with van der Waals surface area (Å²) in [5, 5.41) is 0. The minimum atomic E-state index is 0.0718. The molecule has 0 atom stereocenters. The number of fused-ring (bicyclic) bond motifs is 1. The molecule has 0 radical (unpaired) electrons. The standard InChI is InChI=1S/C14H16BrNO/c1-14(2,3)10-6-9(15)7-11-12(10)17-13(16-11)8-4-5-8/h6-8H,4-5H2,1-3H3. The molecule has 1 heterocycles. The van der Waals surface area contributed by atoms with Crippen LogP contribution in [0.4, 0.5) is 0 Å². The van der Waals surface area contributed by atoms with Crippen molar-refractivity contribution in [1.82, 2.24) is 4.98 Å². The zero-order chi connectivity index (χ0) is 12.2. The van der Waals surface area contributed by atoms with E-state index in [1.807, 2.05) is 6.07 Å². The molecule has 3 rings (SSSR count). The molecule has 3 heteroatoms. The van der Waals surface area contributed by atoms with E-state index in [1.54, 1.807) is 0 Å². The first-order valence-corrected chi connectivity index (χ1v) is 6.85. The third-order valence-electron chi connectivity index (χ3n) is 3.21. The van der Waals surface area contributed by atoms with E-state index in [2.05, 4.69) is 47.8 Å². The zero-order valence-corrected chi connectivity index (χ0v) is 12.0. The summed E-state index contributed by atoms with van der Waals surface area (Å²) in [6.45, 7) is 6.61. The maximum atomic E-state index is 5.97. The van der Waals surface area contributed by atoms with Gasteiger partial charge in [0.15, 0.2) is 11.5 Å². The van der Waals surface area contributed by atoms with Gasteiger partial charge in [0, 0.05) is 16.0 Å². The second kappa shape index (κ2) is 3.58.